The first kappa shape index (κ1) is 20.2. The molecule has 0 aromatic heterocycles. The predicted molar refractivity (Wildman–Crippen MR) is 108 cm³/mol. The molecule has 0 spiro atoms. The largest absolute Gasteiger partial charge is 0.388 e. The summed E-state index contributed by atoms with van der Waals surface area (Å²) in [7, 11) is 3.65. The Bertz CT molecular complexity index is 719. The number of rotatable bonds is 5. The standard InChI is InChI=1S/C21H30N4O3/c1-22-16-9-7-15(8-10-16)21(28)25-12-11-18(14-25)24(2)20(27)13-17-5-3-4-6-19(26)23-17/h7-10,17-18,22H,3-6,11-14H2,1-2H3,(H,23,26). The molecule has 0 bridgehead atoms. The monoisotopic (exact) mass is 386 g/mol. The molecule has 1 aromatic rings. The third-order valence-electron chi connectivity index (χ3n) is 5.80. The average Bonchev–Trinajstić information content (AvgIpc) is 3.11. The van der Waals surface area contributed by atoms with Crippen molar-refractivity contribution in [1.82, 2.24) is 15.1 Å². The van der Waals surface area contributed by atoms with E-state index in [1.807, 2.05) is 36.2 Å². The molecule has 0 saturated carbocycles. The number of hydrogen-bond donors (Lipinski definition) is 2. The van der Waals surface area contributed by atoms with Crippen molar-refractivity contribution in [3.8, 4) is 0 Å². The van der Waals surface area contributed by atoms with Gasteiger partial charge in [0.05, 0.1) is 6.04 Å². The number of carbonyl (C=O) groups is 3. The van der Waals surface area contributed by atoms with Crippen LogP contribution in [-0.4, -0.2) is 66.8 Å². The predicted octanol–water partition coefficient (Wildman–Crippen LogP) is 1.85. The van der Waals surface area contributed by atoms with Gasteiger partial charge >= 0.3 is 0 Å². The van der Waals surface area contributed by atoms with Gasteiger partial charge in [-0.25, -0.2) is 0 Å². The summed E-state index contributed by atoms with van der Waals surface area (Å²) in [6.07, 6.45) is 4.37. The Hall–Kier alpha value is -2.57. The van der Waals surface area contributed by atoms with Crippen molar-refractivity contribution in [3.05, 3.63) is 29.8 Å². The molecule has 2 atom stereocenters. The van der Waals surface area contributed by atoms with E-state index in [0.717, 1.165) is 31.4 Å². The molecule has 3 rings (SSSR count). The number of likely N-dealkylation sites (N-methyl/N-ethyl adjacent to an activating group) is 1. The van der Waals surface area contributed by atoms with Crippen LogP contribution in [0.15, 0.2) is 24.3 Å². The van der Waals surface area contributed by atoms with Gasteiger partial charge in [0.25, 0.3) is 5.91 Å². The van der Waals surface area contributed by atoms with Crippen LogP contribution < -0.4 is 10.6 Å². The Morgan fingerprint density at radius 2 is 1.96 bits per heavy atom. The summed E-state index contributed by atoms with van der Waals surface area (Å²) in [5, 5.41) is 6.00. The van der Waals surface area contributed by atoms with Crippen molar-refractivity contribution >= 4 is 23.4 Å². The molecule has 3 amide bonds. The minimum atomic E-state index is -0.0743. The maximum atomic E-state index is 12.7. The van der Waals surface area contributed by atoms with Gasteiger partial charge < -0.3 is 20.4 Å². The lowest BCUT2D eigenvalue weighted by molar-refractivity contribution is -0.132. The Labute approximate surface area is 166 Å². The van der Waals surface area contributed by atoms with Gasteiger partial charge in [-0.05, 0) is 43.5 Å². The molecule has 2 saturated heterocycles. The van der Waals surface area contributed by atoms with Crippen LogP contribution in [0.25, 0.3) is 0 Å². The van der Waals surface area contributed by atoms with Gasteiger partial charge in [0.2, 0.25) is 11.8 Å². The van der Waals surface area contributed by atoms with E-state index in [4.69, 9.17) is 0 Å². The van der Waals surface area contributed by atoms with Crippen LogP contribution >= 0.6 is 0 Å². The van der Waals surface area contributed by atoms with E-state index >= 15 is 0 Å². The van der Waals surface area contributed by atoms with E-state index in [-0.39, 0.29) is 29.8 Å². The highest BCUT2D eigenvalue weighted by molar-refractivity contribution is 5.94. The Kier molecular flexibility index (Phi) is 6.54. The lowest BCUT2D eigenvalue weighted by atomic mass is 10.1. The van der Waals surface area contributed by atoms with Crippen LogP contribution in [0.4, 0.5) is 5.69 Å². The molecular formula is C21H30N4O3. The summed E-state index contributed by atoms with van der Waals surface area (Å²) in [6, 6.07) is 7.37. The minimum Gasteiger partial charge on any atom is -0.388 e. The molecule has 2 aliphatic rings. The van der Waals surface area contributed by atoms with Crippen LogP contribution in [0, 0.1) is 0 Å². The lowest BCUT2D eigenvalue weighted by Gasteiger charge is -2.27. The van der Waals surface area contributed by atoms with E-state index in [1.54, 1.807) is 11.9 Å². The molecule has 1 aromatic carbocycles. The average molecular weight is 386 g/mol. The number of benzene rings is 1. The normalized spacial score (nSPS) is 22.4. The fraction of sp³-hybridized carbons (Fsp3) is 0.571. The smallest absolute Gasteiger partial charge is 0.253 e. The third-order valence-corrected chi connectivity index (χ3v) is 5.80. The first-order chi connectivity index (χ1) is 13.5. The highest BCUT2D eigenvalue weighted by Gasteiger charge is 2.32. The second-order valence-electron chi connectivity index (χ2n) is 7.74. The molecule has 2 aliphatic heterocycles. The van der Waals surface area contributed by atoms with Crippen molar-refractivity contribution in [2.75, 3.05) is 32.5 Å². The lowest BCUT2D eigenvalue weighted by Crippen LogP contribution is -2.43. The highest BCUT2D eigenvalue weighted by atomic mass is 16.2. The number of anilines is 1. The maximum Gasteiger partial charge on any atom is 0.253 e. The molecule has 2 unspecified atom stereocenters. The zero-order valence-electron chi connectivity index (χ0n) is 16.7. The quantitative estimate of drug-likeness (QED) is 0.809. The number of carbonyl (C=O) groups excluding carboxylic acids is 3. The van der Waals surface area contributed by atoms with Gasteiger partial charge in [-0.15, -0.1) is 0 Å². The number of nitrogens with one attached hydrogen (secondary N) is 2. The number of nitrogens with zero attached hydrogens (tertiary/aromatic N) is 2. The van der Waals surface area contributed by atoms with E-state index in [1.165, 1.54) is 0 Å². The highest BCUT2D eigenvalue weighted by Crippen LogP contribution is 2.20. The molecule has 0 aliphatic carbocycles. The zero-order chi connectivity index (χ0) is 20.1. The van der Waals surface area contributed by atoms with Crippen LogP contribution in [0.3, 0.4) is 0 Å². The van der Waals surface area contributed by atoms with Crippen LogP contribution in [0.5, 0.6) is 0 Å². The third kappa shape index (κ3) is 4.82. The second kappa shape index (κ2) is 9.08. The van der Waals surface area contributed by atoms with E-state index in [0.29, 0.717) is 31.5 Å². The Morgan fingerprint density at radius 3 is 2.68 bits per heavy atom. The first-order valence-electron chi connectivity index (χ1n) is 10.1. The molecule has 152 valence electrons. The van der Waals surface area contributed by atoms with Gasteiger partial charge in [-0.2, -0.15) is 0 Å². The number of likely N-dealkylation sites (tertiary alicyclic amines) is 1. The fourth-order valence-electron chi connectivity index (χ4n) is 3.96. The van der Waals surface area contributed by atoms with Gasteiger partial charge in [0, 0.05) is 57.3 Å². The van der Waals surface area contributed by atoms with Crippen LogP contribution in [-0.2, 0) is 9.59 Å². The zero-order valence-corrected chi connectivity index (χ0v) is 16.7. The molecule has 7 nitrogen and oxygen atoms in total. The molecule has 2 fully saturated rings. The summed E-state index contributed by atoms with van der Waals surface area (Å²) in [4.78, 5) is 40.7. The SMILES string of the molecule is CNc1ccc(C(=O)N2CCC(N(C)C(=O)CC3CCCCC(=O)N3)C2)cc1. The Balaban J connectivity index is 1.53. The van der Waals surface area contributed by atoms with Crippen LogP contribution in [0.1, 0.15) is 48.9 Å². The molecule has 7 heteroatoms. The van der Waals surface area contributed by atoms with Gasteiger partial charge in [-0.1, -0.05) is 6.42 Å². The van der Waals surface area contributed by atoms with E-state index in [2.05, 4.69) is 10.6 Å². The van der Waals surface area contributed by atoms with E-state index < -0.39 is 0 Å². The summed E-state index contributed by atoms with van der Waals surface area (Å²) >= 11 is 0. The topological polar surface area (TPSA) is 81.8 Å². The minimum absolute atomic E-state index is 0.00188. The van der Waals surface area contributed by atoms with Crippen molar-refractivity contribution in [2.45, 2.75) is 50.6 Å². The molecule has 2 N–H and O–H groups in total. The second-order valence-corrected chi connectivity index (χ2v) is 7.74. The Morgan fingerprint density at radius 1 is 1.21 bits per heavy atom. The summed E-state index contributed by atoms with van der Waals surface area (Å²) in [6.45, 7) is 1.20. The molecule has 28 heavy (non-hydrogen) atoms. The van der Waals surface area contributed by atoms with Gasteiger partial charge in [0.15, 0.2) is 0 Å². The molecule has 2 heterocycles. The summed E-state index contributed by atoms with van der Waals surface area (Å²) < 4.78 is 0. The summed E-state index contributed by atoms with van der Waals surface area (Å²) in [5.41, 5.74) is 1.63. The molecule has 0 radical (unpaired) electrons. The van der Waals surface area contributed by atoms with Crippen molar-refractivity contribution < 1.29 is 14.4 Å². The molecular weight excluding hydrogens is 356 g/mol. The van der Waals surface area contributed by atoms with Gasteiger partial charge in [-0.3, -0.25) is 14.4 Å². The fourth-order valence-corrected chi connectivity index (χ4v) is 3.96. The summed E-state index contributed by atoms with van der Waals surface area (Å²) in [5.74, 6) is 0.0757. The number of hydrogen-bond acceptors (Lipinski definition) is 4. The van der Waals surface area contributed by atoms with Crippen LogP contribution in [0.2, 0.25) is 0 Å². The number of amides is 3. The van der Waals surface area contributed by atoms with Crippen molar-refractivity contribution in [2.24, 2.45) is 0 Å². The van der Waals surface area contributed by atoms with Gasteiger partial charge in [0.1, 0.15) is 0 Å². The van der Waals surface area contributed by atoms with Crippen molar-refractivity contribution in [3.63, 3.8) is 0 Å². The van der Waals surface area contributed by atoms with E-state index in [9.17, 15) is 14.4 Å². The maximum absolute atomic E-state index is 12.7. The first-order valence-corrected chi connectivity index (χ1v) is 10.1. The van der Waals surface area contributed by atoms with Crippen molar-refractivity contribution in [1.29, 1.82) is 0 Å².